The summed E-state index contributed by atoms with van der Waals surface area (Å²) in [6, 6.07) is 73.8. The number of para-hydroxylation sites is 3. The fourth-order valence-electron chi connectivity index (χ4n) is 9.40. The number of pyridine rings is 3. The monoisotopic (exact) mass is 1190 g/mol. The van der Waals surface area contributed by atoms with Crippen molar-refractivity contribution < 1.29 is 38.1 Å². The number of rotatable bonds is 14. The van der Waals surface area contributed by atoms with Crippen molar-refractivity contribution >= 4 is 84.6 Å². The zero-order valence-corrected chi connectivity index (χ0v) is 53.4. The second-order valence-electron chi connectivity index (χ2n) is 21.2. The van der Waals surface area contributed by atoms with Gasteiger partial charge < -0.3 is 38.1 Å². The predicted molar refractivity (Wildman–Crippen MR) is 356 cm³/mol. The summed E-state index contributed by atoms with van der Waals surface area (Å²) in [4.78, 5) is 13.8. The van der Waals surface area contributed by atoms with Gasteiger partial charge in [0.15, 0.2) is 0 Å². The van der Waals surface area contributed by atoms with Gasteiger partial charge in [0.05, 0.1) is 5.75 Å². The Morgan fingerprint density at radius 1 is 0.345 bits per heavy atom. The second-order valence-corrected chi connectivity index (χ2v) is 23.9. The van der Waals surface area contributed by atoms with Gasteiger partial charge in [0.25, 0.3) is 0 Å². The van der Waals surface area contributed by atoms with Crippen molar-refractivity contribution in [3.8, 4) is 51.0 Å². The lowest BCUT2D eigenvalue weighted by Crippen LogP contribution is -2.37. The van der Waals surface area contributed by atoms with Crippen LogP contribution in [0.4, 0.5) is 0 Å². The number of aryl methyl sites for hydroxylation is 3. The SMILES string of the molecule is CC(C)[O][Al]([O]C(C)C)[O]C(C)C.CCO.Cc1ccc2cccc(O)c2n1.Cc1ccc2cccc([O][Al]([O]c3ccc(-c4ccccc4)c4ccccc34)[O]c3cccc4ccc(C)nc34)c2n1.Oc1ccc(-c2ccccc2)c2ccccc12. The topological polar surface area (TPSA) is 155 Å². The summed E-state index contributed by atoms with van der Waals surface area (Å²) in [5.74, 6) is 2.54. The number of aromatic nitrogens is 3. The number of hydrogen-bond donors (Lipinski definition) is 3. The van der Waals surface area contributed by atoms with Crippen molar-refractivity contribution in [3.63, 3.8) is 0 Å². The fraction of sp³-hybridized carbons (Fsp3) is 0.192. The number of aliphatic hydroxyl groups is 1. The third-order valence-corrected chi connectivity index (χ3v) is 16.9. The zero-order valence-electron chi connectivity index (χ0n) is 51.1. The van der Waals surface area contributed by atoms with Gasteiger partial charge >= 0.3 is 30.3 Å². The zero-order chi connectivity index (χ0) is 61.8. The first kappa shape index (κ1) is 64.6. The maximum Gasteiger partial charge on any atom is 1.20 e. The minimum atomic E-state index is -2.94. The highest BCUT2D eigenvalue weighted by atomic mass is 27.3. The molecule has 3 heterocycles. The van der Waals surface area contributed by atoms with Crippen LogP contribution in [0.25, 0.3) is 76.5 Å². The molecule has 0 aliphatic carbocycles. The number of aromatic hydroxyl groups is 2. The van der Waals surface area contributed by atoms with Crippen LogP contribution in [-0.4, -0.2) is 85.5 Å². The van der Waals surface area contributed by atoms with Gasteiger partial charge in [-0.15, -0.1) is 0 Å². The normalized spacial score (nSPS) is 10.8. The first-order chi connectivity index (χ1) is 42.1. The number of hydrogen-bond acceptors (Lipinski definition) is 12. The third-order valence-electron chi connectivity index (χ3n) is 13.3. The maximum atomic E-state index is 9.84. The summed E-state index contributed by atoms with van der Waals surface area (Å²) in [6.07, 6.45) is 0.525. The minimum absolute atomic E-state index is 0.175. The van der Waals surface area contributed by atoms with Crippen LogP contribution in [0.3, 0.4) is 0 Å². The molecule has 14 heteroatoms. The van der Waals surface area contributed by atoms with Crippen LogP contribution >= 0.6 is 0 Å². The van der Waals surface area contributed by atoms with E-state index < -0.39 is 30.3 Å². The van der Waals surface area contributed by atoms with Crippen molar-refractivity contribution in [2.24, 2.45) is 0 Å². The lowest BCUT2D eigenvalue weighted by atomic mass is 9.98. The lowest BCUT2D eigenvalue weighted by molar-refractivity contribution is 0.0335. The van der Waals surface area contributed by atoms with Crippen LogP contribution in [-0.2, 0) is 11.4 Å². The number of fused-ring (bicyclic) bond motifs is 5. The fourth-order valence-corrected chi connectivity index (χ4v) is 12.3. The molecule has 9 aromatic carbocycles. The summed E-state index contributed by atoms with van der Waals surface area (Å²) in [5.41, 5.74) is 9.59. The van der Waals surface area contributed by atoms with Gasteiger partial charge in [-0.25, -0.2) is 15.0 Å². The Labute approximate surface area is 521 Å². The van der Waals surface area contributed by atoms with Gasteiger partial charge in [-0.3, -0.25) is 0 Å². The molecule has 0 fully saturated rings. The molecule has 0 aliphatic heterocycles. The van der Waals surface area contributed by atoms with Crippen LogP contribution in [0, 0.1) is 20.8 Å². The Hall–Kier alpha value is -8.37. The highest BCUT2D eigenvalue weighted by Crippen LogP contribution is 2.37. The molecule has 0 aliphatic rings. The standard InChI is InChI=1S/2C16H12O.3C10H9NO.3C3H7O.C2H6O.2Al/c2*17-16-11-10-13(12-6-2-1-3-7-12)14-8-4-5-9-15(14)16;3*1-7-5-6-8-3-2-4-9(12)10(8)11-7;3*1-3(2)4;1-2-3;;/h2*1-11,17H;3*2-6,12H,1H3;3*3H,1-2H3;3H,2H2,1H3;;/q;;;;;3*-1;;2*+3/p-3. The molecule has 3 aromatic heterocycles. The molecule has 3 N–H and O–H groups in total. The molecule has 442 valence electrons. The van der Waals surface area contributed by atoms with Gasteiger partial charge in [-0.05, 0) is 151 Å². The number of aliphatic hydroxyl groups excluding tert-OH is 1. The molecule has 0 saturated heterocycles. The van der Waals surface area contributed by atoms with E-state index in [4.69, 9.17) is 37.8 Å². The Bertz CT molecular complexity index is 4040. The molecular formula is C73H75Al2N3O9. The molecule has 12 rings (SSSR count). The molecule has 12 aromatic rings. The van der Waals surface area contributed by atoms with Crippen molar-refractivity contribution in [2.75, 3.05) is 6.61 Å². The quantitative estimate of drug-likeness (QED) is 0.0888. The van der Waals surface area contributed by atoms with Crippen LogP contribution < -0.4 is 11.4 Å². The maximum absolute atomic E-state index is 9.84. The molecule has 0 atom stereocenters. The number of benzene rings is 9. The number of phenolic OH excluding ortho intramolecular Hbond substituents is 2. The third kappa shape index (κ3) is 18.1. The summed E-state index contributed by atoms with van der Waals surface area (Å²) >= 11 is -4.84. The van der Waals surface area contributed by atoms with Gasteiger partial charge in [0.1, 0.15) is 39.5 Å². The van der Waals surface area contributed by atoms with E-state index in [0.29, 0.717) is 28.5 Å². The predicted octanol–water partition coefficient (Wildman–Crippen LogP) is 17.4. The van der Waals surface area contributed by atoms with Crippen molar-refractivity contribution in [1.82, 2.24) is 15.0 Å². The highest BCUT2D eigenvalue weighted by Gasteiger charge is 2.46. The summed E-state index contributed by atoms with van der Waals surface area (Å²) in [6.45, 7) is 19.7. The number of nitrogens with zero attached hydrogens (tertiary/aromatic N) is 3. The Morgan fingerprint density at radius 3 is 1.17 bits per heavy atom. The van der Waals surface area contributed by atoms with Crippen LogP contribution in [0.1, 0.15) is 65.5 Å². The first-order valence-electron chi connectivity index (χ1n) is 29.3. The van der Waals surface area contributed by atoms with Crippen molar-refractivity contribution in [3.05, 3.63) is 242 Å². The lowest BCUT2D eigenvalue weighted by Gasteiger charge is -2.20. The van der Waals surface area contributed by atoms with Crippen LogP contribution in [0.2, 0.25) is 0 Å². The molecule has 0 amide bonds. The van der Waals surface area contributed by atoms with Crippen LogP contribution in [0.15, 0.2) is 224 Å². The van der Waals surface area contributed by atoms with E-state index in [1.54, 1.807) is 19.1 Å². The van der Waals surface area contributed by atoms with E-state index >= 15 is 0 Å². The second kappa shape index (κ2) is 31.9. The molecule has 0 spiro atoms. The Morgan fingerprint density at radius 2 is 0.713 bits per heavy atom. The van der Waals surface area contributed by atoms with E-state index in [1.165, 1.54) is 5.56 Å². The van der Waals surface area contributed by atoms with Gasteiger partial charge in [0.2, 0.25) is 0 Å². The average Bonchev–Trinajstić information content (AvgIpc) is 3.54. The first-order valence-corrected chi connectivity index (χ1v) is 32.1. The molecule has 87 heavy (non-hydrogen) atoms. The smallest absolute Gasteiger partial charge is 0.577 e. The van der Waals surface area contributed by atoms with E-state index in [9.17, 15) is 10.2 Å². The van der Waals surface area contributed by atoms with E-state index in [-0.39, 0.29) is 30.7 Å². The summed E-state index contributed by atoms with van der Waals surface area (Å²) in [5, 5.41) is 33.9. The molecule has 0 bridgehead atoms. The van der Waals surface area contributed by atoms with E-state index in [0.717, 1.165) is 82.5 Å². The molecule has 0 radical (unpaired) electrons. The van der Waals surface area contributed by atoms with E-state index in [1.807, 2.05) is 202 Å². The Balaban J connectivity index is 0.000000177. The summed E-state index contributed by atoms with van der Waals surface area (Å²) in [7, 11) is 0. The molecular weight excluding hydrogens is 1120 g/mol. The largest absolute Gasteiger partial charge is 1.20 e. The molecule has 0 saturated carbocycles. The molecule has 12 nitrogen and oxygen atoms in total. The summed E-state index contributed by atoms with van der Waals surface area (Å²) < 4.78 is 36.7. The Kier molecular flexibility index (Phi) is 23.7. The van der Waals surface area contributed by atoms with Gasteiger partial charge in [0, 0.05) is 68.9 Å². The number of phenols is 2. The van der Waals surface area contributed by atoms with Gasteiger partial charge in [-0.1, -0.05) is 176 Å². The van der Waals surface area contributed by atoms with Crippen molar-refractivity contribution in [1.29, 1.82) is 0 Å². The van der Waals surface area contributed by atoms with Crippen molar-refractivity contribution in [2.45, 2.75) is 87.5 Å². The average molecular weight is 1190 g/mol. The molecule has 0 unspecified atom stereocenters. The minimum Gasteiger partial charge on any atom is -0.577 e. The van der Waals surface area contributed by atoms with Gasteiger partial charge in [-0.2, -0.15) is 0 Å². The van der Waals surface area contributed by atoms with Crippen LogP contribution in [0.5, 0.6) is 28.7 Å². The highest BCUT2D eigenvalue weighted by molar-refractivity contribution is 6.40. The van der Waals surface area contributed by atoms with E-state index in [2.05, 4.69) is 77.8 Å².